The summed E-state index contributed by atoms with van der Waals surface area (Å²) in [5.74, 6) is 0.650. The van der Waals surface area contributed by atoms with Crippen LogP contribution in [0.1, 0.15) is 64.8 Å². The molecule has 2 aliphatic rings. The molecule has 0 unspecified atom stereocenters. The highest BCUT2D eigenvalue weighted by Gasteiger charge is 2.30. The van der Waals surface area contributed by atoms with Gasteiger partial charge < -0.3 is 19.3 Å². The van der Waals surface area contributed by atoms with E-state index in [0.717, 1.165) is 30.7 Å². The van der Waals surface area contributed by atoms with E-state index in [1.807, 2.05) is 34.9 Å². The Morgan fingerprint density at radius 1 is 0.886 bits per heavy atom. The number of hydrogen-bond acceptors (Lipinski definition) is 5. The van der Waals surface area contributed by atoms with Gasteiger partial charge in [-0.15, -0.1) is 0 Å². The first kappa shape index (κ1) is 24.8. The van der Waals surface area contributed by atoms with Crippen molar-refractivity contribution in [1.29, 1.82) is 0 Å². The molecule has 7 heteroatoms. The van der Waals surface area contributed by atoms with Crippen molar-refractivity contribution in [2.45, 2.75) is 38.5 Å². The van der Waals surface area contributed by atoms with Crippen molar-refractivity contribution in [1.82, 2.24) is 9.80 Å². The fourth-order valence-electron chi connectivity index (χ4n) is 5.04. The van der Waals surface area contributed by atoms with E-state index in [2.05, 4.69) is 6.07 Å². The lowest BCUT2D eigenvalue weighted by Gasteiger charge is -2.34. The third-order valence-corrected chi connectivity index (χ3v) is 7.05. The number of hydrogen-bond donors (Lipinski definition) is 0. The SMILES string of the molecule is CCOC(=O)C1CCN(C(=O)c2cccc([C@@H]3CCCN(C(=O)c4ccc(OC)cc4)C3)c2)CC1. The van der Waals surface area contributed by atoms with Gasteiger partial charge in [0.1, 0.15) is 5.75 Å². The minimum atomic E-state index is -0.160. The molecule has 0 aliphatic carbocycles. The Bertz CT molecular complexity index is 1040. The smallest absolute Gasteiger partial charge is 0.309 e. The van der Waals surface area contributed by atoms with Crippen molar-refractivity contribution in [2.75, 3.05) is 39.9 Å². The largest absolute Gasteiger partial charge is 0.497 e. The molecule has 0 bridgehead atoms. The summed E-state index contributed by atoms with van der Waals surface area (Å²) in [6, 6.07) is 15.0. The molecule has 2 saturated heterocycles. The van der Waals surface area contributed by atoms with Crippen molar-refractivity contribution in [3.63, 3.8) is 0 Å². The first-order valence-corrected chi connectivity index (χ1v) is 12.5. The van der Waals surface area contributed by atoms with E-state index in [0.29, 0.717) is 50.2 Å². The quantitative estimate of drug-likeness (QED) is 0.584. The van der Waals surface area contributed by atoms with Crippen LogP contribution >= 0.6 is 0 Å². The molecule has 186 valence electrons. The van der Waals surface area contributed by atoms with Crippen LogP contribution in [0.25, 0.3) is 0 Å². The van der Waals surface area contributed by atoms with Gasteiger partial charge >= 0.3 is 5.97 Å². The number of carbonyl (C=O) groups is 3. The number of carbonyl (C=O) groups excluding carboxylic acids is 3. The summed E-state index contributed by atoms with van der Waals surface area (Å²) >= 11 is 0. The number of nitrogens with zero attached hydrogens (tertiary/aromatic N) is 2. The predicted octanol–water partition coefficient (Wildman–Crippen LogP) is 4.13. The minimum absolute atomic E-state index is 0.00358. The Labute approximate surface area is 207 Å². The average Bonchev–Trinajstić information content (AvgIpc) is 2.92. The van der Waals surface area contributed by atoms with Gasteiger partial charge in [-0.1, -0.05) is 12.1 Å². The topological polar surface area (TPSA) is 76.2 Å². The van der Waals surface area contributed by atoms with Gasteiger partial charge in [0.25, 0.3) is 11.8 Å². The van der Waals surface area contributed by atoms with Crippen molar-refractivity contribution in [2.24, 2.45) is 5.92 Å². The molecule has 0 spiro atoms. The molecular weight excluding hydrogens is 444 g/mol. The zero-order valence-electron chi connectivity index (χ0n) is 20.6. The second kappa shape index (κ2) is 11.4. The molecule has 0 saturated carbocycles. The number of benzene rings is 2. The lowest BCUT2D eigenvalue weighted by atomic mass is 9.89. The number of esters is 1. The van der Waals surface area contributed by atoms with E-state index in [1.54, 1.807) is 31.4 Å². The van der Waals surface area contributed by atoms with Gasteiger partial charge in [0.15, 0.2) is 0 Å². The van der Waals surface area contributed by atoms with E-state index < -0.39 is 0 Å². The molecule has 1 atom stereocenters. The maximum atomic E-state index is 13.2. The lowest BCUT2D eigenvalue weighted by molar-refractivity contribution is -0.149. The highest BCUT2D eigenvalue weighted by atomic mass is 16.5. The van der Waals surface area contributed by atoms with Crippen LogP contribution < -0.4 is 4.74 Å². The van der Waals surface area contributed by atoms with Gasteiger partial charge in [-0.3, -0.25) is 14.4 Å². The molecule has 2 fully saturated rings. The van der Waals surface area contributed by atoms with Crippen molar-refractivity contribution in [3.8, 4) is 5.75 Å². The summed E-state index contributed by atoms with van der Waals surface area (Å²) in [5.41, 5.74) is 2.40. The standard InChI is InChI=1S/C28H34N2O5/c1-3-35-28(33)21-13-16-29(17-14-21)27(32)23-7-4-6-22(18-23)24-8-5-15-30(19-24)26(31)20-9-11-25(34-2)12-10-20/h4,6-7,9-12,18,21,24H,3,5,8,13-17,19H2,1-2H3/t24-/m1/s1. The predicted molar refractivity (Wildman–Crippen MR) is 133 cm³/mol. The number of rotatable bonds is 6. The molecule has 35 heavy (non-hydrogen) atoms. The van der Waals surface area contributed by atoms with Crippen LogP contribution in [0.3, 0.4) is 0 Å². The number of piperidine rings is 2. The summed E-state index contributed by atoms with van der Waals surface area (Å²) < 4.78 is 10.3. The van der Waals surface area contributed by atoms with Crippen LogP contribution in [-0.2, 0) is 9.53 Å². The average molecular weight is 479 g/mol. The molecule has 2 aliphatic heterocycles. The molecule has 4 rings (SSSR count). The van der Waals surface area contributed by atoms with Crippen LogP contribution in [0.2, 0.25) is 0 Å². The molecule has 2 heterocycles. The van der Waals surface area contributed by atoms with Gasteiger partial charge in [0, 0.05) is 43.2 Å². The molecule has 2 amide bonds. The van der Waals surface area contributed by atoms with Crippen LogP contribution in [0.4, 0.5) is 0 Å². The molecule has 2 aromatic carbocycles. The maximum absolute atomic E-state index is 13.2. The monoisotopic (exact) mass is 478 g/mol. The lowest BCUT2D eigenvalue weighted by Crippen LogP contribution is -2.41. The van der Waals surface area contributed by atoms with Gasteiger partial charge in [0.2, 0.25) is 0 Å². The van der Waals surface area contributed by atoms with Crippen LogP contribution in [0.5, 0.6) is 5.75 Å². The highest BCUT2D eigenvalue weighted by Crippen LogP contribution is 2.29. The fourth-order valence-corrected chi connectivity index (χ4v) is 5.04. The molecular formula is C28H34N2O5. The van der Waals surface area contributed by atoms with Crippen molar-refractivity contribution >= 4 is 17.8 Å². The van der Waals surface area contributed by atoms with Gasteiger partial charge in [-0.05, 0) is 74.6 Å². The number of ether oxygens (including phenoxy) is 2. The Morgan fingerprint density at radius 3 is 2.29 bits per heavy atom. The number of methoxy groups -OCH3 is 1. The van der Waals surface area contributed by atoms with Gasteiger partial charge in [0.05, 0.1) is 19.6 Å². The summed E-state index contributed by atoms with van der Waals surface area (Å²) in [7, 11) is 1.61. The number of likely N-dealkylation sites (tertiary alicyclic amines) is 2. The minimum Gasteiger partial charge on any atom is -0.497 e. The first-order valence-electron chi connectivity index (χ1n) is 12.5. The normalized spacial score (nSPS) is 18.7. The number of amides is 2. The van der Waals surface area contributed by atoms with E-state index in [-0.39, 0.29) is 29.6 Å². The fraction of sp³-hybridized carbons (Fsp3) is 0.464. The Kier molecular flexibility index (Phi) is 8.06. The Morgan fingerprint density at radius 2 is 1.60 bits per heavy atom. The van der Waals surface area contributed by atoms with Crippen LogP contribution in [0.15, 0.2) is 48.5 Å². The zero-order chi connectivity index (χ0) is 24.8. The second-order valence-corrected chi connectivity index (χ2v) is 9.26. The third kappa shape index (κ3) is 5.84. The van der Waals surface area contributed by atoms with Crippen LogP contribution in [-0.4, -0.2) is 67.5 Å². The highest BCUT2D eigenvalue weighted by molar-refractivity contribution is 5.95. The summed E-state index contributed by atoms with van der Waals surface area (Å²) in [5, 5.41) is 0. The molecule has 0 aromatic heterocycles. The molecule has 0 radical (unpaired) electrons. The molecule has 0 N–H and O–H groups in total. The Hall–Kier alpha value is -3.35. The summed E-state index contributed by atoms with van der Waals surface area (Å²) in [4.78, 5) is 42.0. The van der Waals surface area contributed by atoms with E-state index in [4.69, 9.17) is 9.47 Å². The van der Waals surface area contributed by atoms with E-state index >= 15 is 0 Å². The van der Waals surface area contributed by atoms with Crippen molar-refractivity contribution in [3.05, 3.63) is 65.2 Å². The Balaban J connectivity index is 1.39. The third-order valence-electron chi connectivity index (χ3n) is 7.05. The molecule has 7 nitrogen and oxygen atoms in total. The maximum Gasteiger partial charge on any atom is 0.309 e. The second-order valence-electron chi connectivity index (χ2n) is 9.26. The van der Waals surface area contributed by atoms with E-state index in [9.17, 15) is 14.4 Å². The first-order chi connectivity index (χ1) is 17.0. The van der Waals surface area contributed by atoms with Gasteiger partial charge in [-0.25, -0.2) is 0 Å². The van der Waals surface area contributed by atoms with Gasteiger partial charge in [-0.2, -0.15) is 0 Å². The summed E-state index contributed by atoms with van der Waals surface area (Å²) in [6.45, 7) is 4.67. The molecule has 2 aromatic rings. The van der Waals surface area contributed by atoms with E-state index in [1.165, 1.54) is 0 Å². The summed E-state index contributed by atoms with van der Waals surface area (Å²) in [6.07, 6.45) is 3.17. The zero-order valence-corrected chi connectivity index (χ0v) is 20.6. The van der Waals surface area contributed by atoms with Crippen LogP contribution in [0, 0.1) is 5.92 Å². The van der Waals surface area contributed by atoms with Crippen molar-refractivity contribution < 1.29 is 23.9 Å².